The van der Waals surface area contributed by atoms with Gasteiger partial charge in [-0.15, -0.1) is 22.7 Å². The second kappa shape index (κ2) is 6.81. The van der Waals surface area contributed by atoms with Crippen LogP contribution in [0.1, 0.15) is 12.6 Å². The summed E-state index contributed by atoms with van der Waals surface area (Å²) in [6, 6.07) is 10.4. The summed E-state index contributed by atoms with van der Waals surface area (Å²) in [5, 5.41) is 21.4. The minimum absolute atomic E-state index is 0.205. The predicted molar refractivity (Wildman–Crippen MR) is 106 cm³/mol. The topological polar surface area (TPSA) is 80.4 Å². The van der Waals surface area contributed by atoms with Crippen LogP contribution in [0.25, 0.3) is 31.4 Å². The van der Waals surface area contributed by atoms with Gasteiger partial charge in [0, 0.05) is 32.8 Å². The van der Waals surface area contributed by atoms with Crippen molar-refractivity contribution < 1.29 is 14.9 Å². The average Bonchev–Trinajstić information content (AvgIpc) is 3.45. The maximum Gasteiger partial charge on any atom is 0.162 e. The number of aromatic nitrogens is 3. The van der Waals surface area contributed by atoms with Gasteiger partial charge < -0.3 is 14.9 Å². The predicted octanol–water partition coefficient (Wildman–Crippen LogP) is 3.53. The summed E-state index contributed by atoms with van der Waals surface area (Å²) in [5.41, 5.74) is 2.56. The van der Waals surface area contributed by atoms with Gasteiger partial charge in [0.2, 0.25) is 0 Å². The Kier molecular flexibility index (Phi) is 4.30. The van der Waals surface area contributed by atoms with E-state index in [2.05, 4.69) is 39.6 Å². The first-order valence-corrected chi connectivity index (χ1v) is 10.3. The van der Waals surface area contributed by atoms with Crippen molar-refractivity contribution in [2.24, 2.45) is 0 Å². The van der Waals surface area contributed by atoms with Gasteiger partial charge >= 0.3 is 0 Å². The molecule has 4 aromatic heterocycles. The third kappa shape index (κ3) is 2.90. The van der Waals surface area contributed by atoms with Gasteiger partial charge in [0.05, 0.1) is 19.0 Å². The van der Waals surface area contributed by atoms with E-state index in [4.69, 9.17) is 4.74 Å². The van der Waals surface area contributed by atoms with Crippen LogP contribution >= 0.6 is 22.7 Å². The van der Waals surface area contributed by atoms with E-state index in [0.29, 0.717) is 6.42 Å². The van der Waals surface area contributed by atoms with E-state index < -0.39 is 12.2 Å². The van der Waals surface area contributed by atoms with Gasteiger partial charge in [-0.3, -0.25) is 4.57 Å². The number of imidazole rings is 1. The fraction of sp³-hybridized carbons (Fsp3) is 0.263. The number of thiophene rings is 2. The second-order valence-electron chi connectivity index (χ2n) is 6.44. The molecule has 5 rings (SSSR count). The minimum atomic E-state index is -0.689. The maximum atomic E-state index is 10.0. The lowest BCUT2D eigenvalue weighted by Crippen LogP contribution is -2.24. The molecule has 1 unspecified atom stereocenters. The molecule has 5 heterocycles. The number of aliphatic hydroxyl groups excluding tert-OH is 2. The van der Waals surface area contributed by atoms with Crippen molar-refractivity contribution in [1.29, 1.82) is 0 Å². The summed E-state index contributed by atoms with van der Waals surface area (Å²) in [7, 11) is 0. The molecule has 2 N–H and O–H groups in total. The lowest BCUT2D eigenvalue weighted by atomic mass is 10.2. The molecule has 1 fully saturated rings. The molecule has 27 heavy (non-hydrogen) atoms. The maximum absolute atomic E-state index is 10.0. The normalized spacial score (nSPS) is 22.7. The third-order valence-corrected chi connectivity index (χ3v) is 6.97. The first-order valence-electron chi connectivity index (χ1n) is 8.64. The summed E-state index contributed by atoms with van der Waals surface area (Å²) in [6.45, 7) is -0.205. The van der Waals surface area contributed by atoms with Gasteiger partial charge in [0.25, 0.3) is 0 Å². The van der Waals surface area contributed by atoms with Crippen molar-refractivity contribution in [3.8, 4) is 20.2 Å². The van der Waals surface area contributed by atoms with Crippen molar-refractivity contribution >= 4 is 33.8 Å². The summed E-state index contributed by atoms with van der Waals surface area (Å²) in [5.74, 6) is 0. The summed E-state index contributed by atoms with van der Waals surface area (Å²) in [6.07, 6.45) is 2.24. The van der Waals surface area contributed by atoms with Gasteiger partial charge in [-0.05, 0) is 29.6 Å². The molecule has 1 aliphatic heterocycles. The Morgan fingerprint density at radius 1 is 1.15 bits per heavy atom. The van der Waals surface area contributed by atoms with Crippen LogP contribution in [0.4, 0.5) is 0 Å². The fourth-order valence-electron chi connectivity index (χ4n) is 3.43. The highest BCUT2D eigenvalue weighted by molar-refractivity contribution is 7.23. The van der Waals surface area contributed by atoms with Gasteiger partial charge in [-0.2, -0.15) is 0 Å². The number of fused-ring (bicyclic) bond motifs is 1. The molecule has 0 amide bonds. The van der Waals surface area contributed by atoms with Crippen LogP contribution in [0, 0.1) is 0 Å². The number of ether oxygens (including phenoxy) is 1. The zero-order chi connectivity index (χ0) is 18.4. The molecule has 0 bridgehead atoms. The van der Waals surface area contributed by atoms with E-state index in [-0.39, 0.29) is 12.8 Å². The molecule has 0 radical (unpaired) electrons. The Morgan fingerprint density at radius 3 is 2.81 bits per heavy atom. The smallest absolute Gasteiger partial charge is 0.162 e. The van der Waals surface area contributed by atoms with E-state index in [1.807, 2.05) is 10.6 Å². The monoisotopic (exact) mass is 399 g/mol. The molecule has 6 nitrogen and oxygen atoms in total. The van der Waals surface area contributed by atoms with Crippen LogP contribution in [0.2, 0.25) is 0 Å². The highest BCUT2D eigenvalue weighted by Gasteiger charge is 2.35. The molecule has 8 heteroatoms. The zero-order valence-corrected chi connectivity index (χ0v) is 15.9. The number of hydrogen-bond acceptors (Lipinski definition) is 7. The van der Waals surface area contributed by atoms with E-state index in [1.165, 1.54) is 9.75 Å². The average molecular weight is 399 g/mol. The van der Waals surface area contributed by atoms with Crippen LogP contribution in [0.5, 0.6) is 0 Å². The van der Waals surface area contributed by atoms with Crippen LogP contribution < -0.4 is 0 Å². The van der Waals surface area contributed by atoms with Crippen LogP contribution in [-0.4, -0.2) is 43.6 Å². The van der Waals surface area contributed by atoms with Crippen LogP contribution in [0.15, 0.2) is 48.2 Å². The highest BCUT2D eigenvalue weighted by atomic mass is 32.1. The quantitative estimate of drug-likeness (QED) is 0.549. The molecular weight excluding hydrogens is 382 g/mol. The molecule has 3 atom stereocenters. The third-order valence-electron chi connectivity index (χ3n) is 4.79. The number of nitrogens with zero attached hydrogens (tertiary/aromatic N) is 3. The molecule has 138 valence electrons. The summed E-state index contributed by atoms with van der Waals surface area (Å²) >= 11 is 3.46. The molecule has 1 saturated heterocycles. The molecule has 0 aliphatic carbocycles. The SMILES string of the molecule is OC[C@H]1O[C@@H](n2cnc3c(-c4ccc(-c5cccs5)s4)ccnc32)CC1O. The van der Waals surface area contributed by atoms with Gasteiger partial charge in [0.15, 0.2) is 5.65 Å². The molecule has 4 aromatic rings. The lowest BCUT2D eigenvalue weighted by molar-refractivity contribution is -0.0432. The zero-order valence-electron chi connectivity index (χ0n) is 14.2. The van der Waals surface area contributed by atoms with Gasteiger partial charge in [-0.1, -0.05) is 6.07 Å². The van der Waals surface area contributed by atoms with Crippen molar-refractivity contribution in [2.75, 3.05) is 6.61 Å². The van der Waals surface area contributed by atoms with E-state index >= 15 is 0 Å². The largest absolute Gasteiger partial charge is 0.394 e. The Morgan fingerprint density at radius 2 is 2.04 bits per heavy atom. The van der Waals surface area contributed by atoms with Gasteiger partial charge in [0.1, 0.15) is 17.8 Å². The van der Waals surface area contributed by atoms with E-state index in [9.17, 15) is 10.2 Å². The molecule has 0 spiro atoms. The van der Waals surface area contributed by atoms with Gasteiger partial charge in [-0.25, -0.2) is 9.97 Å². The summed E-state index contributed by atoms with van der Waals surface area (Å²) < 4.78 is 7.60. The summed E-state index contributed by atoms with van der Waals surface area (Å²) in [4.78, 5) is 12.7. The molecular formula is C19H17N3O3S2. The van der Waals surface area contributed by atoms with Crippen molar-refractivity contribution in [3.63, 3.8) is 0 Å². The van der Waals surface area contributed by atoms with Crippen LogP contribution in [-0.2, 0) is 4.74 Å². The fourth-order valence-corrected chi connectivity index (χ4v) is 5.29. The standard InChI is InChI=1S/C19H17N3O3S2/c23-9-13-12(24)8-17(25-13)22-10-21-18-11(5-6-20-19(18)22)14-3-4-16(27-14)15-2-1-7-26-15/h1-7,10,12-13,17,23-24H,8-9H2/t12?,13-,17-/m1/s1. The number of pyridine rings is 1. The van der Waals surface area contributed by atoms with Crippen molar-refractivity contribution in [2.45, 2.75) is 24.9 Å². The van der Waals surface area contributed by atoms with Crippen molar-refractivity contribution in [3.05, 3.63) is 48.2 Å². The van der Waals surface area contributed by atoms with E-state index in [0.717, 1.165) is 21.6 Å². The molecule has 0 saturated carbocycles. The molecule has 1 aliphatic rings. The lowest BCUT2D eigenvalue weighted by Gasteiger charge is -2.13. The highest BCUT2D eigenvalue weighted by Crippen LogP contribution is 2.39. The van der Waals surface area contributed by atoms with Crippen molar-refractivity contribution in [1.82, 2.24) is 14.5 Å². The van der Waals surface area contributed by atoms with Crippen LogP contribution in [0.3, 0.4) is 0 Å². The first kappa shape index (κ1) is 17.0. The Bertz CT molecular complexity index is 1070. The minimum Gasteiger partial charge on any atom is -0.394 e. The Labute approximate surface area is 163 Å². The second-order valence-corrected chi connectivity index (χ2v) is 8.47. The Hall–Kier alpha value is -2.10. The molecule has 0 aromatic carbocycles. The Balaban J connectivity index is 1.53. The number of hydrogen-bond donors (Lipinski definition) is 2. The number of aliphatic hydroxyl groups is 2. The number of rotatable bonds is 4. The van der Waals surface area contributed by atoms with E-state index in [1.54, 1.807) is 35.2 Å². The first-order chi connectivity index (χ1) is 13.2.